The molecule has 0 spiro atoms. The number of para-hydroxylation sites is 1. The molecular weight excluding hydrogens is 276 g/mol. The van der Waals surface area contributed by atoms with Gasteiger partial charge >= 0.3 is 0 Å². The van der Waals surface area contributed by atoms with Gasteiger partial charge in [0.1, 0.15) is 5.75 Å². The molecule has 2 aromatic rings. The topological polar surface area (TPSA) is 51.2 Å². The van der Waals surface area contributed by atoms with Crippen LogP contribution >= 0.6 is 0 Å². The summed E-state index contributed by atoms with van der Waals surface area (Å²) in [5, 5.41) is 2.91. The summed E-state index contributed by atoms with van der Waals surface area (Å²) in [7, 11) is 0. The molecule has 0 fully saturated rings. The fourth-order valence-corrected chi connectivity index (χ4v) is 2.14. The zero-order valence-corrected chi connectivity index (χ0v) is 12.9. The molecule has 1 aromatic carbocycles. The predicted octanol–water partition coefficient (Wildman–Crippen LogP) is 3.23. The predicted molar refractivity (Wildman–Crippen MR) is 87.1 cm³/mol. The number of carbonyl (C=O) groups is 1. The van der Waals surface area contributed by atoms with Crippen molar-refractivity contribution in [2.24, 2.45) is 0 Å². The van der Waals surface area contributed by atoms with Gasteiger partial charge in [0.25, 0.3) is 5.91 Å². The molecule has 2 rings (SSSR count). The van der Waals surface area contributed by atoms with Crippen LogP contribution in [0.2, 0.25) is 0 Å². The number of aryl methyl sites for hydroxylation is 1. The van der Waals surface area contributed by atoms with Crippen LogP contribution in [0.5, 0.6) is 5.75 Å². The van der Waals surface area contributed by atoms with Crippen molar-refractivity contribution >= 4 is 5.91 Å². The van der Waals surface area contributed by atoms with Crippen molar-refractivity contribution in [1.82, 2.24) is 10.3 Å². The van der Waals surface area contributed by atoms with Gasteiger partial charge in [-0.2, -0.15) is 0 Å². The third-order valence-electron chi connectivity index (χ3n) is 3.27. The molecule has 0 radical (unpaired) electrons. The van der Waals surface area contributed by atoms with Crippen LogP contribution < -0.4 is 10.1 Å². The van der Waals surface area contributed by atoms with Crippen LogP contribution in [0.3, 0.4) is 0 Å². The van der Waals surface area contributed by atoms with Gasteiger partial charge in [-0.3, -0.25) is 9.78 Å². The molecule has 0 aliphatic heterocycles. The minimum atomic E-state index is -0.0800. The van der Waals surface area contributed by atoms with Gasteiger partial charge in [0, 0.05) is 18.9 Å². The summed E-state index contributed by atoms with van der Waals surface area (Å²) >= 11 is 0. The average Bonchev–Trinajstić information content (AvgIpc) is 2.58. The molecule has 0 aliphatic carbocycles. The molecule has 4 heteroatoms. The zero-order valence-electron chi connectivity index (χ0n) is 12.9. The van der Waals surface area contributed by atoms with Crippen molar-refractivity contribution in [3.05, 3.63) is 59.9 Å². The summed E-state index contributed by atoms with van der Waals surface area (Å²) in [5.41, 5.74) is 1.78. The van der Waals surface area contributed by atoms with Crippen LogP contribution in [0, 0.1) is 0 Å². The molecule has 4 nitrogen and oxygen atoms in total. The van der Waals surface area contributed by atoms with Gasteiger partial charge in [-0.05, 0) is 43.0 Å². The highest BCUT2D eigenvalue weighted by atomic mass is 16.5. The maximum absolute atomic E-state index is 11.9. The average molecular weight is 298 g/mol. The van der Waals surface area contributed by atoms with Gasteiger partial charge in [-0.15, -0.1) is 0 Å². The summed E-state index contributed by atoms with van der Waals surface area (Å²) in [5.74, 6) is 0.867. The van der Waals surface area contributed by atoms with E-state index in [2.05, 4.69) is 23.3 Å². The van der Waals surface area contributed by atoms with E-state index in [0.29, 0.717) is 12.1 Å². The number of carbonyl (C=O) groups excluding carboxylic acids is 1. The third kappa shape index (κ3) is 4.88. The van der Waals surface area contributed by atoms with E-state index in [1.54, 1.807) is 24.5 Å². The standard InChI is InChI=1S/C18H22N2O2/c1-2-13-22-17-10-4-3-7-15(17)8-6-12-20-18(21)16-9-5-11-19-14-16/h3-5,7,9-11,14H,2,6,8,12-13H2,1H3,(H,20,21). The van der Waals surface area contributed by atoms with Crippen molar-refractivity contribution < 1.29 is 9.53 Å². The summed E-state index contributed by atoms with van der Waals surface area (Å²) in [6.07, 6.45) is 5.98. The van der Waals surface area contributed by atoms with Crippen LogP contribution in [0.1, 0.15) is 35.7 Å². The maximum Gasteiger partial charge on any atom is 0.252 e. The number of hydrogen-bond donors (Lipinski definition) is 1. The highest BCUT2D eigenvalue weighted by Crippen LogP contribution is 2.19. The largest absolute Gasteiger partial charge is 0.493 e. The van der Waals surface area contributed by atoms with E-state index in [1.165, 1.54) is 5.56 Å². The number of nitrogens with one attached hydrogen (secondary N) is 1. The van der Waals surface area contributed by atoms with E-state index < -0.39 is 0 Å². The van der Waals surface area contributed by atoms with Crippen molar-refractivity contribution in [2.45, 2.75) is 26.2 Å². The summed E-state index contributed by atoms with van der Waals surface area (Å²) in [6.45, 7) is 3.46. The fraction of sp³-hybridized carbons (Fsp3) is 0.333. The lowest BCUT2D eigenvalue weighted by Gasteiger charge is -2.11. The van der Waals surface area contributed by atoms with E-state index in [4.69, 9.17) is 4.74 Å². The first-order valence-corrected chi connectivity index (χ1v) is 7.70. The Morgan fingerprint density at radius 2 is 2.09 bits per heavy atom. The molecule has 1 heterocycles. The van der Waals surface area contributed by atoms with Crippen molar-refractivity contribution in [3.63, 3.8) is 0 Å². The van der Waals surface area contributed by atoms with Gasteiger partial charge in [0.15, 0.2) is 0 Å². The second-order valence-corrected chi connectivity index (χ2v) is 5.06. The van der Waals surface area contributed by atoms with Crippen LogP contribution in [-0.2, 0) is 6.42 Å². The van der Waals surface area contributed by atoms with Crippen molar-refractivity contribution in [3.8, 4) is 5.75 Å². The molecule has 22 heavy (non-hydrogen) atoms. The Morgan fingerprint density at radius 3 is 2.86 bits per heavy atom. The van der Waals surface area contributed by atoms with Gasteiger partial charge in [0.05, 0.1) is 12.2 Å². The van der Waals surface area contributed by atoms with E-state index >= 15 is 0 Å². The van der Waals surface area contributed by atoms with Gasteiger partial charge in [-0.1, -0.05) is 25.1 Å². The SMILES string of the molecule is CCCOc1ccccc1CCCNC(=O)c1cccnc1. The zero-order chi connectivity index (χ0) is 15.6. The first kappa shape index (κ1) is 16.0. The van der Waals surface area contributed by atoms with Crippen LogP contribution in [0.4, 0.5) is 0 Å². The molecule has 0 unspecified atom stereocenters. The number of aromatic nitrogens is 1. The second-order valence-electron chi connectivity index (χ2n) is 5.06. The van der Waals surface area contributed by atoms with E-state index in [-0.39, 0.29) is 5.91 Å². The normalized spacial score (nSPS) is 10.2. The molecule has 116 valence electrons. The van der Waals surface area contributed by atoms with E-state index in [1.807, 2.05) is 18.2 Å². The highest BCUT2D eigenvalue weighted by Gasteiger charge is 2.05. The molecule has 1 N–H and O–H groups in total. The van der Waals surface area contributed by atoms with Gasteiger partial charge in [-0.25, -0.2) is 0 Å². The smallest absolute Gasteiger partial charge is 0.252 e. The van der Waals surface area contributed by atoms with Gasteiger partial charge < -0.3 is 10.1 Å². The number of ether oxygens (including phenoxy) is 1. The third-order valence-corrected chi connectivity index (χ3v) is 3.27. The number of rotatable bonds is 8. The van der Waals surface area contributed by atoms with Crippen LogP contribution in [0.25, 0.3) is 0 Å². The molecule has 1 aromatic heterocycles. The first-order chi connectivity index (χ1) is 10.8. The number of amides is 1. The molecule has 0 bridgehead atoms. The van der Waals surface area contributed by atoms with E-state index in [9.17, 15) is 4.79 Å². The Morgan fingerprint density at radius 1 is 1.23 bits per heavy atom. The number of pyridine rings is 1. The van der Waals surface area contributed by atoms with Crippen molar-refractivity contribution in [2.75, 3.05) is 13.2 Å². The Bertz CT molecular complexity index is 585. The lowest BCUT2D eigenvalue weighted by molar-refractivity contribution is 0.0953. The minimum absolute atomic E-state index is 0.0800. The monoisotopic (exact) mass is 298 g/mol. The highest BCUT2D eigenvalue weighted by molar-refractivity contribution is 5.93. The van der Waals surface area contributed by atoms with Crippen LogP contribution in [0.15, 0.2) is 48.8 Å². The quantitative estimate of drug-likeness (QED) is 0.761. The Balaban J connectivity index is 1.78. The molecule has 0 saturated carbocycles. The summed E-state index contributed by atoms with van der Waals surface area (Å²) < 4.78 is 5.74. The molecule has 0 aliphatic rings. The van der Waals surface area contributed by atoms with Crippen molar-refractivity contribution in [1.29, 1.82) is 0 Å². The maximum atomic E-state index is 11.9. The lowest BCUT2D eigenvalue weighted by Crippen LogP contribution is -2.24. The molecular formula is C18H22N2O2. The summed E-state index contributed by atoms with van der Waals surface area (Å²) in [4.78, 5) is 15.8. The Labute approximate surface area is 131 Å². The molecule has 1 amide bonds. The van der Waals surface area contributed by atoms with E-state index in [0.717, 1.165) is 31.6 Å². The number of benzene rings is 1. The Hall–Kier alpha value is -2.36. The Kier molecular flexibility index (Phi) is 6.42. The van der Waals surface area contributed by atoms with Gasteiger partial charge in [0.2, 0.25) is 0 Å². The molecule has 0 atom stereocenters. The first-order valence-electron chi connectivity index (χ1n) is 7.70. The molecule has 0 saturated heterocycles. The number of hydrogen-bond acceptors (Lipinski definition) is 3. The fourth-order valence-electron chi connectivity index (χ4n) is 2.14. The minimum Gasteiger partial charge on any atom is -0.493 e. The number of nitrogens with zero attached hydrogens (tertiary/aromatic N) is 1. The lowest BCUT2D eigenvalue weighted by atomic mass is 10.1. The second kappa shape index (κ2) is 8.82. The van der Waals surface area contributed by atoms with Crippen LogP contribution in [-0.4, -0.2) is 24.0 Å². The summed E-state index contributed by atoms with van der Waals surface area (Å²) in [6, 6.07) is 11.6.